The third kappa shape index (κ3) is 4.14. The summed E-state index contributed by atoms with van der Waals surface area (Å²) in [6.07, 6.45) is 0. The van der Waals surface area contributed by atoms with Gasteiger partial charge in [0.25, 0.3) is 5.91 Å². The highest BCUT2D eigenvalue weighted by atomic mass is 79.9. The van der Waals surface area contributed by atoms with Gasteiger partial charge in [0.15, 0.2) is 6.61 Å². The number of thiophene rings is 1. The molecule has 5 nitrogen and oxygen atoms in total. The lowest BCUT2D eigenvalue weighted by Gasteiger charge is -2.07. The van der Waals surface area contributed by atoms with Crippen molar-refractivity contribution in [2.24, 2.45) is 0 Å². The summed E-state index contributed by atoms with van der Waals surface area (Å²) in [6.45, 7) is -0.353. The number of anilines is 1. The number of rotatable bonds is 5. The third-order valence-corrected chi connectivity index (χ3v) is 6.76. The van der Waals surface area contributed by atoms with E-state index in [0.29, 0.717) is 10.6 Å². The topological polar surface area (TPSA) is 68.3 Å². The van der Waals surface area contributed by atoms with Crippen LogP contribution in [0.3, 0.4) is 0 Å². The number of thiazole rings is 1. The van der Waals surface area contributed by atoms with Crippen molar-refractivity contribution in [3.8, 4) is 9.88 Å². The van der Waals surface area contributed by atoms with E-state index in [-0.39, 0.29) is 6.61 Å². The highest BCUT2D eigenvalue weighted by molar-refractivity contribution is 9.10. The van der Waals surface area contributed by atoms with Crippen LogP contribution in [0.1, 0.15) is 9.67 Å². The van der Waals surface area contributed by atoms with Crippen LogP contribution in [0, 0.1) is 0 Å². The molecule has 0 fully saturated rings. The summed E-state index contributed by atoms with van der Waals surface area (Å²) in [6, 6.07) is 18.7. The van der Waals surface area contributed by atoms with Gasteiger partial charge in [-0.3, -0.25) is 4.79 Å². The smallest absolute Gasteiger partial charge is 0.348 e. The molecule has 2 aromatic heterocycles. The summed E-state index contributed by atoms with van der Waals surface area (Å²) in [5, 5.41) is 3.55. The minimum atomic E-state index is -0.528. The van der Waals surface area contributed by atoms with Crippen molar-refractivity contribution in [3.63, 3.8) is 0 Å². The average molecular weight is 473 g/mol. The molecule has 140 valence electrons. The summed E-state index contributed by atoms with van der Waals surface area (Å²) in [5.41, 5.74) is 1.56. The normalized spacial score (nSPS) is 10.8. The van der Waals surface area contributed by atoms with Crippen molar-refractivity contribution in [1.82, 2.24) is 4.98 Å². The van der Waals surface area contributed by atoms with Gasteiger partial charge < -0.3 is 10.1 Å². The van der Waals surface area contributed by atoms with E-state index >= 15 is 0 Å². The second-order valence-corrected chi connectivity index (χ2v) is 8.72. The molecule has 1 N–H and O–H groups in total. The molecule has 0 saturated carbocycles. The number of fused-ring (bicyclic) bond motifs is 1. The number of para-hydroxylation sites is 2. The van der Waals surface area contributed by atoms with Crippen LogP contribution in [0.2, 0.25) is 0 Å². The molecule has 2 heterocycles. The number of carbonyl (C=O) groups excluding carboxylic acids is 2. The van der Waals surface area contributed by atoms with Gasteiger partial charge in [0.05, 0.1) is 20.8 Å². The van der Waals surface area contributed by atoms with Gasteiger partial charge in [-0.15, -0.1) is 22.7 Å². The Hall–Kier alpha value is -2.55. The Morgan fingerprint density at radius 2 is 1.79 bits per heavy atom. The lowest BCUT2D eigenvalue weighted by atomic mass is 10.3. The van der Waals surface area contributed by atoms with Crippen LogP contribution in [0.25, 0.3) is 20.1 Å². The Balaban J connectivity index is 1.39. The first kappa shape index (κ1) is 18.8. The van der Waals surface area contributed by atoms with Gasteiger partial charge in [-0.2, -0.15) is 0 Å². The number of benzene rings is 2. The van der Waals surface area contributed by atoms with Gasteiger partial charge in [0, 0.05) is 4.47 Å². The fraction of sp³-hybridized carbons (Fsp3) is 0.0500. The highest BCUT2D eigenvalue weighted by Gasteiger charge is 2.16. The van der Waals surface area contributed by atoms with Gasteiger partial charge >= 0.3 is 5.97 Å². The summed E-state index contributed by atoms with van der Waals surface area (Å²) < 4.78 is 6.99. The molecule has 4 rings (SSSR count). The molecule has 0 aliphatic rings. The van der Waals surface area contributed by atoms with Crippen molar-refractivity contribution < 1.29 is 14.3 Å². The minimum Gasteiger partial charge on any atom is -0.451 e. The molecular weight excluding hydrogens is 460 g/mol. The number of halogens is 1. The second kappa shape index (κ2) is 8.22. The molecule has 2 aromatic carbocycles. The highest BCUT2D eigenvalue weighted by Crippen LogP contribution is 2.34. The molecule has 0 atom stereocenters. The maximum atomic E-state index is 12.3. The van der Waals surface area contributed by atoms with E-state index in [1.165, 1.54) is 11.3 Å². The Morgan fingerprint density at radius 1 is 1.00 bits per heavy atom. The second-order valence-electron chi connectivity index (χ2n) is 5.75. The monoisotopic (exact) mass is 472 g/mol. The number of hydrogen-bond acceptors (Lipinski definition) is 6. The number of nitrogens with one attached hydrogen (secondary N) is 1. The van der Waals surface area contributed by atoms with Gasteiger partial charge in [-0.25, -0.2) is 9.78 Å². The molecule has 0 bridgehead atoms. The van der Waals surface area contributed by atoms with Crippen LogP contribution in [0.4, 0.5) is 5.69 Å². The summed E-state index contributed by atoms with van der Waals surface area (Å²) in [5.74, 6) is -0.928. The van der Waals surface area contributed by atoms with Crippen molar-refractivity contribution in [2.75, 3.05) is 11.9 Å². The maximum absolute atomic E-state index is 12.3. The molecule has 0 radical (unpaired) electrons. The predicted octanol–water partition coefficient (Wildman–Crippen LogP) is 5.58. The summed E-state index contributed by atoms with van der Waals surface area (Å²) >= 11 is 6.23. The van der Waals surface area contributed by atoms with Gasteiger partial charge in [0.2, 0.25) is 0 Å². The van der Waals surface area contributed by atoms with Crippen LogP contribution in [0.15, 0.2) is 65.1 Å². The first-order valence-corrected chi connectivity index (χ1v) is 10.7. The van der Waals surface area contributed by atoms with Crippen LogP contribution in [0.5, 0.6) is 0 Å². The summed E-state index contributed by atoms with van der Waals surface area (Å²) in [4.78, 5) is 30.2. The number of hydrogen-bond donors (Lipinski definition) is 1. The molecule has 0 aliphatic carbocycles. The Kier molecular flexibility index (Phi) is 5.52. The molecule has 8 heteroatoms. The number of amides is 1. The number of nitrogens with zero attached hydrogens (tertiary/aromatic N) is 1. The van der Waals surface area contributed by atoms with E-state index in [1.807, 2.05) is 48.5 Å². The third-order valence-electron chi connectivity index (χ3n) is 3.79. The minimum absolute atomic E-state index is 0.353. The molecular formula is C20H13BrN2O3S2. The molecule has 4 aromatic rings. The molecule has 0 unspecified atom stereocenters. The Bertz CT molecular complexity index is 1140. The van der Waals surface area contributed by atoms with E-state index in [1.54, 1.807) is 23.5 Å². The zero-order chi connectivity index (χ0) is 19.5. The number of aromatic nitrogens is 1. The summed E-state index contributed by atoms with van der Waals surface area (Å²) in [7, 11) is 0. The largest absolute Gasteiger partial charge is 0.451 e. The standard InChI is InChI=1S/C20H13BrN2O3S2/c21-12-5-1-2-6-13(12)22-18(24)11-26-20(25)17-10-9-16(27-17)19-23-14-7-3-4-8-15(14)28-19/h1-10H,11H2,(H,22,24). The van der Waals surface area contributed by atoms with Gasteiger partial charge in [0.1, 0.15) is 9.88 Å². The van der Waals surface area contributed by atoms with Crippen molar-refractivity contribution in [2.45, 2.75) is 0 Å². The lowest BCUT2D eigenvalue weighted by molar-refractivity contribution is -0.119. The van der Waals surface area contributed by atoms with Crippen LogP contribution < -0.4 is 5.32 Å². The zero-order valence-electron chi connectivity index (χ0n) is 14.3. The van der Waals surface area contributed by atoms with E-state index < -0.39 is 11.9 Å². The van der Waals surface area contributed by atoms with Gasteiger partial charge in [-0.05, 0) is 52.3 Å². The van der Waals surface area contributed by atoms with Crippen molar-refractivity contribution in [3.05, 3.63) is 70.0 Å². The lowest BCUT2D eigenvalue weighted by Crippen LogP contribution is -2.20. The SMILES string of the molecule is O=C(COC(=O)c1ccc(-c2nc3ccccc3s2)s1)Nc1ccccc1Br. The van der Waals surface area contributed by atoms with Crippen molar-refractivity contribution in [1.29, 1.82) is 0 Å². The predicted molar refractivity (Wildman–Crippen MR) is 116 cm³/mol. The van der Waals surface area contributed by atoms with E-state index in [2.05, 4.69) is 26.2 Å². The first-order valence-electron chi connectivity index (χ1n) is 8.27. The van der Waals surface area contributed by atoms with E-state index in [0.717, 1.165) is 24.6 Å². The quantitative estimate of drug-likeness (QED) is 0.384. The zero-order valence-corrected chi connectivity index (χ0v) is 17.6. The molecule has 0 spiro atoms. The average Bonchev–Trinajstić information content (AvgIpc) is 3.35. The van der Waals surface area contributed by atoms with E-state index in [4.69, 9.17) is 4.74 Å². The van der Waals surface area contributed by atoms with Gasteiger partial charge in [-0.1, -0.05) is 24.3 Å². The fourth-order valence-electron chi connectivity index (χ4n) is 2.49. The molecule has 1 amide bonds. The Morgan fingerprint density at radius 3 is 2.61 bits per heavy atom. The van der Waals surface area contributed by atoms with Crippen LogP contribution in [-0.2, 0) is 9.53 Å². The molecule has 0 aliphatic heterocycles. The Labute approximate surface area is 177 Å². The maximum Gasteiger partial charge on any atom is 0.348 e. The number of ether oxygens (including phenoxy) is 1. The fourth-order valence-corrected chi connectivity index (χ4v) is 4.80. The number of esters is 1. The van der Waals surface area contributed by atoms with E-state index in [9.17, 15) is 9.59 Å². The molecule has 28 heavy (non-hydrogen) atoms. The first-order chi connectivity index (χ1) is 13.6. The molecule has 0 saturated heterocycles. The number of carbonyl (C=O) groups is 2. The van der Waals surface area contributed by atoms with Crippen molar-refractivity contribution >= 4 is 66.4 Å². The van der Waals surface area contributed by atoms with Crippen LogP contribution >= 0.6 is 38.6 Å². The van der Waals surface area contributed by atoms with Crippen LogP contribution in [-0.4, -0.2) is 23.5 Å².